The van der Waals surface area contributed by atoms with Crippen LogP contribution < -0.4 is 0 Å². The van der Waals surface area contributed by atoms with Crippen LogP contribution in [-0.4, -0.2) is 29.8 Å². The predicted octanol–water partition coefficient (Wildman–Crippen LogP) is 15.1. The number of aromatic nitrogens is 2. The topological polar surface area (TPSA) is 50.3 Å². The highest BCUT2D eigenvalue weighted by Crippen LogP contribution is 2.45. The SMILES string of the molecule is CC(C)(C)c1cc(CS[C@H]2CCCCCC[C@@H]2SCc2cc(C(C)(C)C)cc(-n3c4ccccc4c4ccccc43)c2O)c(O)c(-n2c3ccccc3c3ccccc32)c1. The molecule has 0 spiro atoms. The Morgan fingerprint density at radius 2 is 0.783 bits per heavy atom. The molecule has 1 aliphatic carbocycles. The smallest absolute Gasteiger partial charge is 0.143 e. The Hall–Kier alpha value is -4.78. The Kier molecular flexibility index (Phi) is 11.0. The van der Waals surface area contributed by atoms with Gasteiger partial charge in [-0.25, -0.2) is 0 Å². The van der Waals surface area contributed by atoms with Crippen molar-refractivity contribution >= 4 is 67.1 Å². The third-order valence-electron chi connectivity index (χ3n) is 12.8. The van der Waals surface area contributed by atoms with Gasteiger partial charge in [0, 0.05) is 54.7 Å². The van der Waals surface area contributed by atoms with Gasteiger partial charge in [-0.2, -0.15) is 23.5 Å². The summed E-state index contributed by atoms with van der Waals surface area (Å²) in [6.07, 6.45) is 7.29. The Morgan fingerprint density at radius 1 is 0.467 bits per heavy atom. The first-order chi connectivity index (χ1) is 28.9. The van der Waals surface area contributed by atoms with Crippen LogP contribution in [0.5, 0.6) is 11.5 Å². The summed E-state index contributed by atoms with van der Waals surface area (Å²) >= 11 is 4.04. The first kappa shape index (κ1) is 40.6. The number of phenols is 2. The fourth-order valence-electron chi connectivity index (χ4n) is 9.34. The average molecular weight is 831 g/mol. The van der Waals surface area contributed by atoms with Crippen molar-refractivity contribution in [2.24, 2.45) is 0 Å². The third-order valence-corrected chi connectivity index (χ3v) is 15.9. The number of aromatic hydroxyl groups is 2. The minimum Gasteiger partial charge on any atom is -0.505 e. The third kappa shape index (κ3) is 7.60. The standard InChI is InChI=1S/C54H58N2O2S2/c1-53(2,3)37-29-35(51(57)47(31-37)55-43-23-15-11-19-39(43)40-20-12-16-24-44(40)55)33-59-49-27-9-7-8-10-28-50(49)60-34-36-30-38(54(4,5)6)32-48(52(36)58)56-45-25-17-13-21-41(45)42-22-14-18-26-46(42)56/h11-26,29-32,49-50,57-58H,7-10,27-28,33-34H2,1-6H3/t49-,50-/m0/s1. The van der Waals surface area contributed by atoms with Crippen molar-refractivity contribution in [3.63, 3.8) is 0 Å². The molecule has 1 aliphatic rings. The maximum absolute atomic E-state index is 12.3. The first-order valence-electron chi connectivity index (χ1n) is 21.8. The van der Waals surface area contributed by atoms with E-state index in [1.54, 1.807) is 0 Å². The molecule has 0 radical (unpaired) electrons. The maximum atomic E-state index is 12.3. The summed E-state index contributed by atoms with van der Waals surface area (Å²) < 4.78 is 4.54. The summed E-state index contributed by atoms with van der Waals surface area (Å²) in [6.45, 7) is 13.6. The molecule has 1 saturated carbocycles. The molecule has 9 rings (SSSR count). The van der Waals surface area contributed by atoms with Crippen molar-refractivity contribution in [2.45, 2.75) is 113 Å². The van der Waals surface area contributed by atoms with Crippen molar-refractivity contribution in [2.75, 3.05) is 0 Å². The summed E-state index contributed by atoms with van der Waals surface area (Å²) in [5, 5.41) is 30.2. The van der Waals surface area contributed by atoms with Crippen LogP contribution in [0.1, 0.15) is 102 Å². The van der Waals surface area contributed by atoms with Crippen molar-refractivity contribution in [1.29, 1.82) is 0 Å². The second kappa shape index (κ2) is 16.2. The number of nitrogens with zero attached hydrogens (tertiary/aromatic N) is 2. The Labute approximate surface area is 364 Å². The lowest BCUT2D eigenvalue weighted by Gasteiger charge is -2.30. The summed E-state index contributed by atoms with van der Waals surface area (Å²) in [5.41, 5.74) is 10.4. The zero-order valence-electron chi connectivity index (χ0n) is 36.0. The van der Waals surface area contributed by atoms with E-state index < -0.39 is 0 Å². The van der Waals surface area contributed by atoms with Gasteiger partial charge in [-0.1, -0.05) is 152 Å². The van der Waals surface area contributed by atoms with Gasteiger partial charge >= 0.3 is 0 Å². The van der Waals surface area contributed by atoms with Gasteiger partial charge in [0.15, 0.2) is 0 Å². The lowest BCUT2D eigenvalue weighted by atomic mass is 9.85. The van der Waals surface area contributed by atoms with Crippen molar-refractivity contribution in [3.8, 4) is 22.9 Å². The lowest BCUT2D eigenvalue weighted by Crippen LogP contribution is -2.22. The van der Waals surface area contributed by atoms with E-state index in [9.17, 15) is 10.2 Å². The molecule has 2 aromatic heterocycles. The van der Waals surface area contributed by atoms with Crippen LogP contribution >= 0.6 is 23.5 Å². The number of fused-ring (bicyclic) bond motifs is 6. The van der Waals surface area contributed by atoms with E-state index in [0.717, 1.165) is 68.9 Å². The molecule has 2 atom stereocenters. The van der Waals surface area contributed by atoms with E-state index in [1.165, 1.54) is 58.4 Å². The van der Waals surface area contributed by atoms with Crippen molar-refractivity contribution in [3.05, 3.63) is 144 Å². The van der Waals surface area contributed by atoms with Gasteiger partial charge in [0.05, 0.1) is 33.4 Å². The average Bonchev–Trinajstić information content (AvgIpc) is 3.73. The summed E-state index contributed by atoms with van der Waals surface area (Å²) in [5.74, 6) is 2.23. The Balaban J connectivity index is 1.05. The number of benzene rings is 6. The van der Waals surface area contributed by atoms with Gasteiger partial charge in [0.25, 0.3) is 0 Å². The molecule has 2 heterocycles. The summed E-state index contributed by atoms with van der Waals surface area (Å²) in [4.78, 5) is 0. The van der Waals surface area contributed by atoms with Crippen LogP contribution in [0.4, 0.5) is 0 Å². The molecule has 60 heavy (non-hydrogen) atoms. The summed E-state index contributed by atoms with van der Waals surface area (Å²) in [7, 11) is 0. The number of phenolic OH excluding ortho intramolecular Hbond substituents is 2. The zero-order valence-corrected chi connectivity index (χ0v) is 37.6. The van der Waals surface area contributed by atoms with E-state index in [1.807, 2.05) is 23.5 Å². The molecule has 0 amide bonds. The molecule has 0 bridgehead atoms. The molecule has 2 N–H and O–H groups in total. The van der Waals surface area contributed by atoms with Crippen LogP contribution in [0.15, 0.2) is 121 Å². The fraction of sp³-hybridized carbons (Fsp3) is 0.333. The molecule has 8 aromatic rings. The molecular formula is C54H58N2O2S2. The molecule has 308 valence electrons. The Morgan fingerprint density at radius 3 is 1.10 bits per heavy atom. The monoisotopic (exact) mass is 830 g/mol. The zero-order chi connectivity index (χ0) is 41.8. The highest BCUT2D eigenvalue weighted by molar-refractivity contribution is 8.03. The maximum Gasteiger partial charge on any atom is 0.143 e. The second-order valence-electron chi connectivity index (χ2n) is 18.9. The van der Waals surface area contributed by atoms with Crippen LogP contribution in [0.2, 0.25) is 0 Å². The Bertz CT molecular complexity index is 2550. The quantitative estimate of drug-likeness (QED) is 0.160. The number of para-hydroxylation sites is 4. The lowest BCUT2D eigenvalue weighted by molar-refractivity contribution is 0.466. The van der Waals surface area contributed by atoms with E-state index in [4.69, 9.17) is 0 Å². The van der Waals surface area contributed by atoms with E-state index >= 15 is 0 Å². The molecule has 6 aromatic carbocycles. The van der Waals surface area contributed by atoms with Gasteiger partial charge in [0.1, 0.15) is 11.5 Å². The normalized spacial score (nSPS) is 16.8. The molecule has 1 fully saturated rings. The van der Waals surface area contributed by atoms with Gasteiger partial charge in [-0.3, -0.25) is 0 Å². The van der Waals surface area contributed by atoms with E-state index in [2.05, 4.69) is 172 Å². The molecule has 0 aliphatic heterocycles. The minimum atomic E-state index is -0.0963. The van der Waals surface area contributed by atoms with Crippen LogP contribution in [0, 0.1) is 0 Å². The van der Waals surface area contributed by atoms with E-state index in [-0.39, 0.29) is 10.8 Å². The van der Waals surface area contributed by atoms with Gasteiger partial charge in [0.2, 0.25) is 0 Å². The molecule has 6 heteroatoms. The highest BCUT2D eigenvalue weighted by atomic mass is 32.2. The van der Waals surface area contributed by atoms with Gasteiger partial charge in [-0.15, -0.1) is 0 Å². The molecular weight excluding hydrogens is 773 g/mol. The number of hydrogen-bond donors (Lipinski definition) is 2. The van der Waals surface area contributed by atoms with E-state index in [0.29, 0.717) is 22.0 Å². The number of thioether (sulfide) groups is 2. The predicted molar refractivity (Wildman–Crippen MR) is 260 cm³/mol. The number of rotatable bonds is 8. The van der Waals surface area contributed by atoms with Crippen LogP contribution in [-0.2, 0) is 22.3 Å². The van der Waals surface area contributed by atoms with Crippen LogP contribution in [0.3, 0.4) is 0 Å². The largest absolute Gasteiger partial charge is 0.505 e. The van der Waals surface area contributed by atoms with Crippen molar-refractivity contribution < 1.29 is 10.2 Å². The molecule has 0 saturated heterocycles. The number of hydrogen-bond acceptors (Lipinski definition) is 4. The summed E-state index contributed by atoms with van der Waals surface area (Å²) in [6, 6.07) is 43.1. The minimum absolute atomic E-state index is 0.0963. The first-order valence-corrected chi connectivity index (χ1v) is 23.9. The van der Waals surface area contributed by atoms with Crippen LogP contribution in [0.25, 0.3) is 55.0 Å². The molecule has 0 unspecified atom stereocenters. The fourth-order valence-corrected chi connectivity index (χ4v) is 12.4. The second-order valence-corrected chi connectivity index (χ2v) is 21.4. The highest BCUT2D eigenvalue weighted by Gasteiger charge is 2.28. The molecule has 4 nitrogen and oxygen atoms in total. The van der Waals surface area contributed by atoms with Crippen molar-refractivity contribution in [1.82, 2.24) is 9.13 Å². The van der Waals surface area contributed by atoms with Gasteiger partial charge < -0.3 is 19.3 Å². The van der Waals surface area contributed by atoms with Gasteiger partial charge in [-0.05, 0) is 71.2 Å².